The van der Waals surface area contributed by atoms with E-state index in [-0.39, 0.29) is 28.6 Å². The number of amides is 2. The summed E-state index contributed by atoms with van der Waals surface area (Å²) in [6.45, 7) is 3.48. The maximum Gasteiger partial charge on any atom is 0.338 e. The number of rotatable bonds is 5. The van der Waals surface area contributed by atoms with E-state index >= 15 is 0 Å². The first-order valence-electron chi connectivity index (χ1n) is 9.09. The second-order valence-electron chi connectivity index (χ2n) is 6.70. The molecule has 2 aromatic rings. The lowest BCUT2D eigenvalue weighted by molar-refractivity contribution is -0.119. The Bertz CT molecular complexity index is 1110. The molecule has 3 rings (SSSR count). The molecule has 1 heterocycles. The van der Waals surface area contributed by atoms with E-state index in [1.165, 1.54) is 49.4 Å². The van der Waals surface area contributed by atoms with Crippen molar-refractivity contribution in [1.82, 2.24) is 0 Å². The summed E-state index contributed by atoms with van der Waals surface area (Å²) in [5.74, 6) is -2.60. The number of carbonyl (C=O) groups is 3. The Morgan fingerprint density at radius 3 is 2.37 bits per heavy atom. The zero-order valence-electron chi connectivity index (χ0n) is 16.2. The minimum atomic E-state index is -3.86. The normalized spacial score (nSPS) is 17.6. The fraction of sp³-hybridized carbons (Fsp3) is 0.250. The Hall–Kier alpha value is -2.91. The van der Waals surface area contributed by atoms with E-state index in [1.54, 1.807) is 6.92 Å². The topological polar surface area (TPSA) is 110 Å². The number of sulfonamides is 1. The minimum Gasteiger partial charge on any atom is -0.462 e. The van der Waals surface area contributed by atoms with E-state index in [1.807, 2.05) is 0 Å². The molecule has 8 nitrogen and oxygen atoms in total. The lowest BCUT2D eigenvalue weighted by atomic mass is 10.1. The van der Waals surface area contributed by atoms with Crippen molar-refractivity contribution < 1.29 is 27.5 Å². The number of ether oxygens (including phenoxy) is 1. The molecule has 10 heteroatoms. The van der Waals surface area contributed by atoms with Crippen LogP contribution in [0, 0.1) is 5.92 Å². The van der Waals surface area contributed by atoms with Crippen LogP contribution in [-0.4, -0.2) is 38.6 Å². The molecular weight excluding hydrogens is 432 g/mol. The van der Waals surface area contributed by atoms with Gasteiger partial charge in [-0.25, -0.2) is 17.5 Å². The number of esters is 1. The molecule has 1 N–H and O–H groups in total. The second kappa shape index (κ2) is 8.45. The van der Waals surface area contributed by atoms with Gasteiger partial charge >= 0.3 is 5.97 Å². The molecule has 0 aliphatic carbocycles. The molecule has 1 unspecified atom stereocenters. The minimum absolute atomic E-state index is 0.0383. The van der Waals surface area contributed by atoms with Crippen LogP contribution < -0.4 is 9.62 Å². The monoisotopic (exact) mass is 450 g/mol. The third-order valence-corrected chi connectivity index (χ3v) is 6.62. The summed E-state index contributed by atoms with van der Waals surface area (Å²) < 4.78 is 30.3. The molecule has 0 aromatic heterocycles. The van der Waals surface area contributed by atoms with Gasteiger partial charge in [0.05, 0.1) is 34.6 Å². The molecule has 1 aliphatic heterocycles. The molecule has 1 saturated heterocycles. The SMILES string of the molecule is CCOC(=O)c1ccc(NC(=O)c2ccc(Cl)c(N3C(=O)C(C)CS3(=O)=O)c2)cc1. The van der Waals surface area contributed by atoms with Gasteiger partial charge in [-0.05, 0) is 49.4 Å². The van der Waals surface area contributed by atoms with Gasteiger partial charge in [0.1, 0.15) is 0 Å². The third-order valence-electron chi connectivity index (χ3n) is 4.44. The predicted octanol–water partition coefficient (Wildman–Crippen LogP) is 3.08. The van der Waals surface area contributed by atoms with Gasteiger partial charge in [-0.3, -0.25) is 9.59 Å². The number of hydrogen-bond donors (Lipinski definition) is 1. The van der Waals surface area contributed by atoms with Crippen LogP contribution in [0.1, 0.15) is 34.6 Å². The van der Waals surface area contributed by atoms with Gasteiger partial charge in [0.2, 0.25) is 15.9 Å². The van der Waals surface area contributed by atoms with E-state index in [9.17, 15) is 22.8 Å². The molecule has 2 amide bonds. The highest BCUT2D eigenvalue weighted by Crippen LogP contribution is 2.34. The lowest BCUT2D eigenvalue weighted by Gasteiger charge is -2.17. The number of nitrogens with one attached hydrogen (secondary N) is 1. The van der Waals surface area contributed by atoms with Crippen LogP contribution in [0.3, 0.4) is 0 Å². The van der Waals surface area contributed by atoms with Crippen LogP contribution in [0.2, 0.25) is 5.02 Å². The molecule has 0 spiro atoms. The third kappa shape index (κ3) is 4.31. The van der Waals surface area contributed by atoms with Crippen molar-refractivity contribution in [3.8, 4) is 0 Å². The smallest absolute Gasteiger partial charge is 0.338 e. The van der Waals surface area contributed by atoms with Crippen molar-refractivity contribution in [3.05, 3.63) is 58.6 Å². The highest BCUT2D eigenvalue weighted by molar-refractivity contribution is 7.94. The van der Waals surface area contributed by atoms with E-state index < -0.39 is 33.7 Å². The summed E-state index contributed by atoms with van der Waals surface area (Å²) in [4.78, 5) is 36.6. The molecule has 2 aromatic carbocycles. The first-order valence-corrected chi connectivity index (χ1v) is 11.1. The second-order valence-corrected chi connectivity index (χ2v) is 8.97. The van der Waals surface area contributed by atoms with Gasteiger partial charge < -0.3 is 10.1 Å². The molecular formula is C20H19ClN2O6S. The molecule has 0 saturated carbocycles. The first-order chi connectivity index (χ1) is 14.1. The van der Waals surface area contributed by atoms with Crippen LogP contribution in [0.5, 0.6) is 0 Å². The summed E-state index contributed by atoms with van der Waals surface area (Å²) in [5.41, 5.74) is 0.821. The summed E-state index contributed by atoms with van der Waals surface area (Å²) in [5, 5.41) is 2.69. The zero-order valence-corrected chi connectivity index (χ0v) is 17.8. The summed E-state index contributed by atoms with van der Waals surface area (Å²) >= 11 is 6.12. The van der Waals surface area contributed by atoms with Gasteiger partial charge in [-0.2, -0.15) is 0 Å². The molecule has 0 radical (unpaired) electrons. The number of hydrogen-bond acceptors (Lipinski definition) is 6. The fourth-order valence-electron chi connectivity index (χ4n) is 2.98. The summed E-state index contributed by atoms with van der Waals surface area (Å²) in [6, 6.07) is 10.1. The van der Waals surface area contributed by atoms with Crippen molar-refractivity contribution in [1.29, 1.82) is 0 Å². The quantitative estimate of drug-likeness (QED) is 0.701. The van der Waals surface area contributed by atoms with Gasteiger partial charge in [0, 0.05) is 11.3 Å². The molecule has 1 fully saturated rings. The zero-order chi connectivity index (χ0) is 22.1. The van der Waals surface area contributed by atoms with Gasteiger partial charge in [-0.1, -0.05) is 18.5 Å². The van der Waals surface area contributed by atoms with E-state index in [4.69, 9.17) is 16.3 Å². The van der Waals surface area contributed by atoms with Crippen LogP contribution in [0.25, 0.3) is 0 Å². The van der Waals surface area contributed by atoms with Crippen molar-refractivity contribution in [3.63, 3.8) is 0 Å². The molecule has 0 bridgehead atoms. The Morgan fingerprint density at radius 2 is 1.80 bits per heavy atom. The van der Waals surface area contributed by atoms with Crippen LogP contribution in [-0.2, 0) is 19.6 Å². The van der Waals surface area contributed by atoms with Crippen LogP contribution in [0.4, 0.5) is 11.4 Å². The Balaban J connectivity index is 1.83. The Morgan fingerprint density at radius 1 is 1.17 bits per heavy atom. The maximum absolute atomic E-state index is 12.6. The van der Waals surface area contributed by atoms with Gasteiger partial charge in [0.15, 0.2) is 0 Å². The van der Waals surface area contributed by atoms with Crippen molar-refractivity contribution in [2.45, 2.75) is 13.8 Å². The number of anilines is 2. The molecule has 1 aliphatic rings. The molecule has 1 atom stereocenters. The fourth-order valence-corrected chi connectivity index (χ4v) is 5.06. The highest BCUT2D eigenvalue weighted by Gasteiger charge is 2.43. The summed E-state index contributed by atoms with van der Waals surface area (Å²) in [7, 11) is -3.86. The molecule has 30 heavy (non-hydrogen) atoms. The Labute approximate surface area is 178 Å². The number of carbonyl (C=O) groups excluding carboxylic acids is 3. The maximum atomic E-state index is 12.6. The van der Waals surface area contributed by atoms with E-state index in [2.05, 4.69) is 5.32 Å². The van der Waals surface area contributed by atoms with Crippen LogP contribution in [0.15, 0.2) is 42.5 Å². The van der Waals surface area contributed by atoms with Crippen molar-refractivity contribution in [2.24, 2.45) is 5.92 Å². The lowest BCUT2D eigenvalue weighted by Crippen LogP contribution is -2.30. The number of nitrogens with zero attached hydrogens (tertiary/aromatic N) is 1. The van der Waals surface area contributed by atoms with E-state index in [0.29, 0.717) is 15.6 Å². The average Bonchev–Trinajstić information content (AvgIpc) is 2.90. The largest absolute Gasteiger partial charge is 0.462 e. The van der Waals surface area contributed by atoms with Gasteiger partial charge in [-0.15, -0.1) is 0 Å². The van der Waals surface area contributed by atoms with Gasteiger partial charge in [0.25, 0.3) is 5.91 Å². The predicted molar refractivity (Wildman–Crippen MR) is 112 cm³/mol. The van der Waals surface area contributed by atoms with Crippen molar-refractivity contribution in [2.75, 3.05) is 22.0 Å². The first kappa shape index (κ1) is 21.8. The van der Waals surface area contributed by atoms with Crippen molar-refractivity contribution >= 4 is 50.8 Å². The van der Waals surface area contributed by atoms with Crippen LogP contribution >= 0.6 is 11.6 Å². The van der Waals surface area contributed by atoms with E-state index in [0.717, 1.165) is 0 Å². The molecule has 158 valence electrons. The number of halogens is 1. The standard InChI is InChI=1S/C20H19ClN2O6S/c1-3-29-20(26)13-4-7-15(8-5-13)22-18(24)14-6-9-16(21)17(10-14)23-19(25)12(2)11-30(23,27)28/h4-10,12H,3,11H2,1-2H3,(H,22,24). The number of benzene rings is 2. The Kier molecular flexibility index (Phi) is 6.14. The summed E-state index contributed by atoms with van der Waals surface area (Å²) in [6.07, 6.45) is 0. The highest BCUT2D eigenvalue weighted by atomic mass is 35.5. The average molecular weight is 451 g/mol.